The van der Waals surface area contributed by atoms with E-state index in [0.29, 0.717) is 23.2 Å². The second kappa shape index (κ2) is 11.0. The van der Waals surface area contributed by atoms with Gasteiger partial charge in [0.2, 0.25) is 0 Å². The Bertz CT molecular complexity index is 3100. The van der Waals surface area contributed by atoms with E-state index in [0.717, 1.165) is 60.7 Å². The van der Waals surface area contributed by atoms with E-state index in [2.05, 4.69) is 109 Å². The summed E-state index contributed by atoms with van der Waals surface area (Å²) in [6.45, 7) is 4.58. The molecule has 10 aromatic rings. The molecule has 4 heterocycles. The minimum atomic E-state index is -0.149. The van der Waals surface area contributed by atoms with Crippen molar-refractivity contribution in [1.29, 1.82) is 0 Å². The number of rotatable bonds is 4. The van der Waals surface area contributed by atoms with Crippen LogP contribution in [0.3, 0.4) is 0 Å². The Kier molecular flexibility index (Phi) is 6.20. The summed E-state index contributed by atoms with van der Waals surface area (Å²) >= 11 is 0. The van der Waals surface area contributed by atoms with Gasteiger partial charge in [0.25, 0.3) is 0 Å². The fraction of sp³-hybridized carbons (Fsp3) is 0.0638. The highest BCUT2D eigenvalue weighted by Gasteiger charge is 2.35. The zero-order valence-corrected chi connectivity index (χ0v) is 29.1. The molecule has 6 heteroatoms. The Morgan fingerprint density at radius 2 is 1.19 bits per heavy atom. The van der Waals surface area contributed by atoms with Crippen LogP contribution in [-0.2, 0) is 5.41 Å². The molecule has 0 unspecified atom stereocenters. The number of benzene rings is 6. The van der Waals surface area contributed by atoms with Crippen molar-refractivity contribution in [3.8, 4) is 51.2 Å². The van der Waals surface area contributed by atoms with Gasteiger partial charge >= 0.3 is 0 Å². The number of aromatic nitrogens is 5. The first-order valence-corrected chi connectivity index (χ1v) is 17.9. The van der Waals surface area contributed by atoms with Gasteiger partial charge < -0.3 is 4.42 Å². The standard InChI is InChI=1S/C47H31N5O/c1-47(2)36-18-9-6-15-30(36)31-24-23-29(27-37(31)47)45-49-44(28-13-4-3-5-14-28)50-46(51-45)38-19-12-22-41(48-38)52-39-20-10-7-16-32(39)34-25-26-35-33-17-8-11-21-40(33)53-43(35)42(34)52/h3-27H,1-2H3. The van der Waals surface area contributed by atoms with Crippen LogP contribution in [0.1, 0.15) is 25.0 Å². The predicted octanol–water partition coefficient (Wildman–Crippen LogP) is 11.6. The molecule has 250 valence electrons. The third kappa shape index (κ3) is 4.39. The first kappa shape index (κ1) is 29.8. The summed E-state index contributed by atoms with van der Waals surface area (Å²) < 4.78 is 8.79. The normalized spacial score (nSPS) is 13.2. The maximum absolute atomic E-state index is 6.59. The van der Waals surface area contributed by atoms with Crippen LogP contribution in [0.15, 0.2) is 156 Å². The zero-order valence-electron chi connectivity index (χ0n) is 29.1. The van der Waals surface area contributed by atoms with Crippen molar-refractivity contribution in [2.45, 2.75) is 19.3 Å². The largest absolute Gasteiger partial charge is 0.454 e. The number of fused-ring (bicyclic) bond motifs is 10. The lowest BCUT2D eigenvalue weighted by Gasteiger charge is -2.21. The van der Waals surface area contributed by atoms with Crippen molar-refractivity contribution in [1.82, 2.24) is 24.5 Å². The first-order chi connectivity index (χ1) is 26.0. The van der Waals surface area contributed by atoms with E-state index in [1.54, 1.807) is 0 Å². The van der Waals surface area contributed by atoms with Crippen molar-refractivity contribution < 1.29 is 4.42 Å². The van der Waals surface area contributed by atoms with Crippen LogP contribution in [0.2, 0.25) is 0 Å². The van der Waals surface area contributed by atoms with E-state index in [1.165, 1.54) is 22.3 Å². The summed E-state index contributed by atoms with van der Waals surface area (Å²) in [5, 5.41) is 4.40. The molecular weight excluding hydrogens is 651 g/mol. The predicted molar refractivity (Wildman–Crippen MR) is 213 cm³/mol. The van der Waals surface area contributed by atoms with Gasteiger partial charge in [-0.25, -0.2) is 19.9 Å². The summed E-state index contributed by atoms with van der Waals surface area (Å²) in [6, 6.07) is 52.4. The zero-order chi connectivity index (χ0) is 35.3. The average molecular weight is 682 g/mol. The van der Waals surface area contributed by atoms with Gasteiger partial charge in [0.05, 0.1) is 11.0 Å². The van der Waals surface area contributed by atoms with E-state index >= 15 is 0 Å². The molecule has 0 atom stereocenters. The van der Waals surface area contributed by atoms with Crippen molar-refractivity contribution in [3.63, 3.8) is 0 Å². The quantitative estimate of drug-likeness (QED) is 0.185. The Morgan fingerprint density at radius 1 is 0.491 bits per heavy atom. The Balaban J connectivity index is 1.12. The van der Waals surface area contributed by atoms with Gasteiger partial charge in [-0.2, -0.15) is 0 Å². The smallest absolute Gasteiger partial charge is 0.182 e. The molecule has 0 fully saturated rings. The number of para-hydroxylation sites is 2. The van der Waals surface area contributed by atoms with E-state index in [9.17, 15) is 0 Å². The van der Waals surface area contributed by atoms with E-state index in [-0.39, 0.29) is 5.41 Å². The molecule has 0 bridgehead atoms. The van der Waals surface area contributed by atoms with Gasteiger partial charge in [0.15, 0.2) is 23.1 Å². The molecule has 0 spiro atoms. The minimum Gasteiger partial charge on any atom is -0.454 e. The van der Waals surface area contributed by atoms with Gasteiger partial charge in [0.1, 0.15) is 17.1 Å². The molecule has 0 amide bonds. The van der Waals surface area contributed by atoms with E-state index < -0.39 is 0 Å². The summed E-state index contributed by atoms with van der Waals surface area (Å²) in [5.41, 5.74) is 11.2. The third-order valence-electron chi connectivity index (χ3n) is 10.9. The average Bonchev–Trinajstić information content (AvgIpc) is 3.84. The molecule has 0 saturated carbocycles. The molecule has 0 aliphatic heterocycles. The van der Waals surface area contributed by atoms with Crippen LogP contribution >= 0.6 is 0 Å². The molecule has 0 N–H and O–H groups in total. The Labute approximate surface area is 305 Å². The van der Waals surface area contributed by atoms with Crippen molar-refractivity contribution in [3.05, 3.63) is 163 Å². The first-order valence-electron chi connectivity index (χ1n) is 17.9. The lowest BCUT2D eigenvalue weighted by Crippen LogP contribution is -2.15. The molecule has 6 nitrogen and oxygen atoms in total. The van der Waals surface area contributed by atoms with Gasteiger partial charge in [-0.15, -0.1) is 0 Å². The monoisotopic (exact) mass is 681 g/mol. The lowest BCUT2D eigenvalue weighted by atomic mass is 9.82. The van der Waals surface area contributed by atoms with Crippen LogP contribution in [-0.4, -0.2) is 24.5 Å². The number of hydrogen-bond acceptors (Lipinski definition) is 5. The van der Waals surface area contributed by atoms with Crippen LogP contribution in [0, 0.1) is 0 Å². The number of hydrogen-bond donors (Lipinski definition) is 0. The summed E-state index contributed by atoms with van der Waals surface area (Å²) in [4.78, 5) is 20.5. The fourth-order valence-corrected chi connectivity index (χ4v) is 8.32. The molecule has 11 rings (SSSR count). The number of pyridine rings is 1. The second-order valence-corrected chi connectivity index (χ2v) is 14.3. The van der Waals surface area contributed by atoms with Gasteiger partial charge in [-0.05, 0) is 58.7 Å². The molecule has 6 aromatic carbocycles. The molecule has 1 aliphatic rings. The van der Waals surface area contributed by atoms with Crippen LogP contribution in [0.5, 0.6) is 0 Å². The number of furan rings is 1. The van der Waals surface area contributed by atoms with Crippen molar-refractivity contribution >= 4 is 43.7 Å². The van der Waals surface area contributed by atoms with E-state index in [4.69, 9.17) is 24.4 Å². The Hall–Kier alpha value is -6.92. The minimum absolute atomic E-state index is 0.149. The van der Waals surface area contributed by atoms with E-state index in [1.807, 2.05) is 60.7 Å². The SMILES string of the molecule is CC1(C)c2ccccc2-c2ccc(-c3nc(-c4ccccc4)nc(-c4cccc(-n5c6ccccc6c6ccc7c8ccccc8oc7c65)n4)n3)cc21. The second-order valence-electron chi connectivity index (χ2n) is 14.3. The molecular formula is C47H31N5O. The van der Waals surface area contributed by atoms with Gasteiger partial charge in [-0.3, -0.25) is 4.57 Å². The van der Waals surface area contributed by atoms with Gasteiger partial charge in [-0.1, -0.05) is 129 Å². The van der Waals surface area contributed by atoms with Crippen LogP contribution in [0.25, 0.3) is 95.0 Å². The lowest BCUT2D eigenvalue weighted by molar-refractivity contribution is 0.660. The molecule has 0 saturated heterocycles. The molecule has 1 aliphatic carbocycles. The highest BCUT2D eigenvalue weighted by molar-refractivity contribution is 6.21. The summed E-state index contributed by atoms with van der Waals surface area (Å²) in [7, 11) is 0. The van der Waals surface area contributed by atoms with Gasteiger partial charge in [0, 0.05) is 38.1 Å². The van der Waals surface area contributed by atoms with Crippen molar-refractivity contribution in [2.24, 2.45) is 0 Å². The fourth-order valence-electron chi connectivity index (χ4n) is 8.32. The molecule has 4 aromatic heterocycles. The highest BCUT2D eigenvalue weighted by atomic mass is 16.3. The maximum atomic E-state index is 6.59. The molecule has 53 heavy (non-hydrogen) atoms. The Morgan fingerprint density at radius 3 is 2.08 bits per heavy atom. The summed E-state index contributed by atoms with van der Waals surface area (Å²) in [6.07, 6.45) is 0. The third-order valence-corrected chi connectivity index (χ3v) is 10.9. The van der Waals surface area contributed by atoms with Crippen molar-refractivity contribution in [2.75, 3.05) is 0 Å². The highest BCUT2D eigenvalue weighted by Crippen LogP contribution is 2.49. The number of nitrogens with zero attached hydrogens (tertiary/aromatic N) is 5. The molecule has 0 radical (unpaired) electrons. The van der Waals surface area contributed by atoms with Crippen LogP contribution < -0.4 is 0 Å². The topological polar surface area (TPSA) is 69.6 Å². The maximum Gasteiger partial charge on any atom is 0.182 e. The van der Waals surface area contributed by atoms with Crippen LogP contribution in [0.4, 0.5) is 0 Å². The summed E-state index contributed by atoms with van der Waals surface area (Å²) in [5.74, 6) is 2.47.